The first-order valence-electron chi connectivity index (χ1n) is 10.9. The second-order valence-corrected chi connectivity index (χ2v) is 8.26. The number of aliphatic carboxylic acids is 1. The van der Waals surface area contributed by atoms with Crippen LogP contribution in [-0.4, -0.2) is 65.8 Å². The molecule has 0 saturated carbocycles. The highest BCUT2D eigenvalue weighted by atomic mass is 35.5. The van der Waals surface area contributed by atoms with Gasteiger partial charge in [-0.1, -0.05) is 29.8 Å². The summed E-state index contributed by atoms with van der Waals surface area (Å²) in [6.45, 7) is 0.363. The third kappa shape index (κ3) is 4.59. The highest BCUT2D eigenvalue weighted by Gasteiger charge is 2.35. The number of benzene rings is 2. The Labute approximate surface area is 207 Å². The predicted molar refractivity (Wildman–Crippen MR) is 129 cm³/mol. The monoisotopic (exact) mass is 497 g/mol. The van der Waals surface area contributed by atoms with Gasteiger partial charge in [0.05, 0.1) is 26.9 Å². The van der Waals surface area contributed by atoms with Crippen LogP contribution in [0.5, 0.6) is 17.6 Å². The van der Waals surface area contributed by atoms with E-state index in [1.807, 2.05) is 12.1 Å². The van der Waals surface area contributed by atoms with Crippen LogP contribution in [0.15, 0.2) is 42.6 Å². The van der Waals surface area contributed by atoms with Gasteiger partial charge in [0, 0.05) is 34.5 Å². The lowest BCUT2D eigenvalue weighted by molar-refractivity contribution is -0.141. The number of carbonyl (C=O) groups is 2. The maximum absolute atomic E-state index is 13.5. The molecule has 1 aliphatic heterocycles. The molecule has 1 atom stereocenters. The van der Waals surface area contributed by atoms with E-state index < -0.39 is 17.9 Å². The number of aromatic nitrogens is 2. The Morgan fingerprint density at radius 1 is 1.06 bits per heavy atom. The van der Waals surface area contributed by atoms with Crippen molar-refractivity contribution in [2.75, 3.05) is 27.9 Å². The summed E-state index contributed by atoms with van der Waals surface area (Å²) in [6, 6.07) is 9.72. The molecular weight excluding hydrogens is 474 g/mol. The van der Waals surface area contributed by atoms with Crippen LogP contribution in [-0.2, 0) is 4.79 Å². The summed E-state index contributed by atoms with van der Waals surface area (Å²) < 4.78 is 16.3. The van der Waals surface area contributed by atoms with Crippen LogP contribution < -0.4 is 14.2 Å². The number of amides is 1. The van der Waals surface area contributed by atoms with Crippen molar-refractivity contribution < 1.29 is 28.9 Å². The molecule has 0 bridgehead atoms. The molecule has 1 amide bonds. The van der Waals surface area contributed by atoms with Crippen LogP contribution in [0.2, 0.25) is 5.02 Å². The Bertz CT molecular complexity index is 1280. The molecule has 1 saturated heterocycles. The molecule has 1 fully saturated rings. The maximum Gasteiger partial charge on any atom is 0.326 e. The lowest BCUT2D eigenvalue weighted by Gasteiger charge is -2.23. The van der Waals surface area contributed by atoms with E-state index in [-0.39, 0.29) is 17.5 Å². The van der Waals surface area contributed by atoms with Crippen molar-refractivity contribution in [1.29, 1.82) is 0 Å². The third-order valence-electron chi connectivity index (χ3n) is 5.91. The van der Waals surface area contributed by atoms with Gasteiger partial charge in [-0.15, -0.1) is 0 Å². The molecule has 0 spiro atoms. The van der Waals surface area contributed by atoms with E-state index in [4.69, 9.17) is 25.8 Å². The van der Waals surface area contributed by atoms with Gasteiger partial charge in [0.2, 0.25) is 5.88 Å². The Kier molecular flexibility index (Phi) is 7.07. The number of rotatable bonds is 7. The normalized spacial score (nSPS) is 15.1. The molecule has 4 rings (SSSR count). The first-order chi connectivity index (χ1) is 16.9. The number of ether oxygens (including phenoxy) is 3. The SMILES string of the molecule is COc1ncc(-c2c(OC)cc(C(=O)N3CCCC3C(=O)O)cc2-c2ccccc2Cl)c(OC)n1. The fourth-order valence-corrected chi connectivity index (χ4v) is 4.52. The van der Waals surface area contributed by atoms with Gasteiger partial charge >= 0.3 is 12.0 Å². The molecule has 1 unspecified atom stereocenters. The molecule has 35 heavy (non-hydrogen) atoms. The number of hydrogen-bond acceptors (Lipinski definition) is 7. The van der Waals surface area contributed by atoms with Crippen molar-refractivity contribution in [2.24, 2.45) is 0 Å². The van der Waals surface area contributed by atoms with Crippen molar-refractivity contribution in [3.63, 3.8) is 0 Å². The van der Waals surface area contributed by atoms with Crippen LogP contribution in [0.25, 0.3) is 22.3 Å². The first-order valence-corrected chi connectivity index (χ1v) is 11.2. The minimum atomic E-state index is -1.02. The van der Waals surface area contributed by atoms with Crippen molar-refractivity contribution >= 4 is 23.5 Å². The van der Waals surface area contributed by atoms with Crippen LogP contribution in [0.1, 0.15) is 23.2 Å². The summed E-state index contributed by atoms with van der Waals surface area (Å²) in [5.74, 6) is -0.825. The minimum Gasteiger partial charge on any atom is -0.496 e. The molecule has 182 valence electrons. The molecule has 2 aromatic carbocycles. The fourth-order valence-electron chi connectivity index (χ4n) is 4.28. The second kappa shape index (κ2) is 10.2. The van der Waals surface area contributed by atoms with Crippen LogP contribution in [0, 0.1) is 0 Å². The van der Waals surface area contributed by atoms with E-state index in [0.717, 1.165) is 0 Å². The molecule has 1 N–H and O–H groups in total. The maximum atomic E-state index is 13.5. The molecule has 0 aliphatic carbocycles. The number of hydrogen-bond donors (Lipinski definition) is 1. The van der Waals surface area contributed by atoms with Crippen LogP contribution >= 0.6 is 11.6 Å². The zero-order valence-electron chi connectivity index (χ0n) is 19.4. The van der Waals surface area contributed by atoms with E-state index in [1.54, 1.807) is 30.5 Å². The smallest absolute Gasteiger partial charge is 0.326 e. The Morgan fingerprint density at radius 3 is 2.49 bits per heavy atom. The molecule has 9 nitrogen and oxygen atoms in total. The number of carboxylic acids is 1. The molecule has 2 heterocycles. The molecule has 10 heteroatoms. The number of carbonyl (C=O) groups excluding carboxylic acids is 1. The van der Waals surface area contributed by atoms with E-state index in [2.05, 4.69) is 9.97 Å². The molecule has 0 radical (unpaired) electrons. The highest BCUT2D eigenvalue weighted by molar-refractivity contribution is 6.33. The summed E-state index contributed by atoms with van der Waals surface area (Å²) in [7, 11) is 4.41. The van der Waals surface area contributed by atoms with E-state index in [0.29, 0.717) is 52.4 Å². The Hall–Kier alpha value is -3.85. The zero-order chi connectivity index (χ0) is 25.1. The van der Waals surface area contributed by atoms with Crippen molar-refractivity contribution in [2.45, 2.75) is 18.9 Å². The van der Waals surface area contributed by atoms with Gasteiger partial charge in [-0.2, -0.15) is 4.98 Å². The zero-order valence-corrected chi connectivity index (χ0v) is 20.2. The first kappa shape index (κ1) is 24.3. The van der Waals surface area contributed by atoms with Gasteiger partial charge in [0.25, 0.3) is 5.91 Å². The molecule has 1 aromatic heterocycles. The van der Waals surface area contributed by atoms with Gasteiger partial charge in [-0.3, -0.25) is 4.79 Å². The Morgan fingerprint density at radius 2 is 1.83 bits per heavy atom. The second-order valence-electron chi connectivity index (χ2n) is 7.86. The summed E-state index contributed by atoms with van der Waals surface area (Å²) in [4.78, 5) is 35.0. The van der Waals surface area contributed by atoms with Gasteiger partial charge in [-0.05, 0) is 36.6 Å². The van der Waals surface area contributed by atoms with Gasteiger partial charge in [0.1, 0.15) is 11.8 Å². The van der Waals surface area contributed by atoms with Crippen molar-refractivity contribution in [3.8, 4) is 39.9 Å². The Balaban J connectivity index is 1.96. The number of likely N-dealkylation sites (tertiary alicyclic amines) is 1. The molecule has 1 aliphatic rings. The largest absolute Gasteiger partial charge is 0.496 e. The minimum absolute atomic E-state index is 0.129. The van der Waals surface area contributed by atoms with Gasteiger partial charge < -0.3 is 24.2 Å². The van der Waals surface area contributed by atoms with Crippen molar-refractivity contribution in [1.82, 2.24) is 14.9 Å². The lowest BCUT2D eigenvalue weighted by Crippen LogP contribution is -2.40. The van der Waals surface area contributed by atoms with Gasteiger partial charge in [-0.25, -0.2) is 9.78 Å². The number of nitrogens with zero attached hydrogens (tertiary/aromatic N) is 3. The molecule has 3 aromatic rings. The number of halogens is 1. The average Bonchev–Trinajstić information content (AvgIpc) is 3.38. The van der Waals surface area contributed by atoms with Crippen LogP contribution in [0.3, 0.4) is 0 Å². The summed E-state index contributed by atoms with van der Waals surface area (Å²) in [5.41, 5.74) is 2.57. The number of methoxy groups -OCH3 is 3. The summed E-state index contributed by atoms with van der Waals surface area (Å²) >= 11 is 6.56. The van der Waals surface area contributed by atoms with Crippen molar-refractivity contribution in [3.05, 3.63) is 53.2 Å². The fraction of sp³-hybridized carbons (Fsp3) is 0.280. The highest BCUT2D eigenvalue weighted by Crippen LogP contribution is 2.45. The van der Waals surface area contributed by atoms with E-state index in [1.165, 1.54) is 26.2 Å². The standard InChI is InChI=1S/C25H24ClN3O6/c1-33-20-12-14(23(30)29-10-6-9-19(29)24(31)32)11-16(15-7-4-5-8-18(15)26)21(20)17-13-27-25(35-3)28-22(17)34-2/h4-5,7-8,11-13,19H,6,9-10H2,1-3H3,(H,31,32). The van der Waals surface area contributed by atoms with Gasteiger partial charge in [0.15, 0.2) is 0 Å². The topological polar surface area (TPSA) is 111 Å². The van der Waals surface area contributed by atoms with Crippen LogP contribution in [0.4, 0.5) is 0 Å². The average molecular weight is 498 g/mol. The predicted octanol–water partition coefficient (Wildman–Crippen LogP) is 4.18. The summed E-state index contributed by atoms with van der Waals surface area (Å²) in [5, 5.41) is 10.0. The van der Waals surface area contributed by atoms with E-state index in [9.17, 15) is 14.7 Å². The van der Waals surface area contributed by atoms with E-state index >= 15 is 0 Å². The lowest BCUT2D eigenvalue weighted by atomic mass is 9.92. The number of carboxylic acid groups (broad SMARTS) is 1. The third-order valence-corrected chi connectivity index (χ3v) is 6.24. The summed E-state index contributed by atoms with van der Waals surface area (Å²) in [6.07, 6.45) is 2.58. The molecular formula is C25H24ClN3O6. The quantitative estimate of drug-likeness (QED) is 0.517.